The van der Waals surface area contributed by atoms with Crippen LogP contribution in [0.4, 0.5) is 0 Å². The normalized spacial score (nSPS) is 13.0. The number of halogens is 2. The van der Waals surface area contributed by atoms with E-state index in [-0.39, 0.29) is 5.38 Å². The molecule has 110 valence electrons. The Labute approximate surface area is 128 Å². The number of benzene rings is 1. The predicted molar refractivity (Wildman–Crippen MR) is 81.7 cm³/mol. The van der Waals surface area contributed by atoms with E-state index in [2.05, 4.69) is 9.55 Å². The van der Waals surface area contributed by atoms with E-state index < -0.39 is 0 Å². The maximum Gasteiger partial charge on any atom is 0.127 e. The Morgan fingerprint density at radius 1 is 1.30 bits per heavy atom. The predicted octanol–water partition coefficient (Wildman–Crippen LogP) is 3.65. The van der Waals surface area contributed by atoms with Crippen LogP contribution >= 0.6 is 23.2 Å². The van der Waals surface area contributed by atoms with E-state index in [9.17, 15) is 0 Å². The molecule has 0 aliphatic carbocycles. The third kappa shape index (κ3) is 3.64. The topological polar surface area (TPSA) is 36.3 Å². The van der Waals surface area contributed by atoms with Crippen LogP contribution in [-0.4, -0.2) is 36.5 Å². The number of hydrogen-bond donors (Lipinski definition) is 0. The number of rotatable bonds is 7. The van der Waals surface area contributed by atoms with Crippen LogP contribution in [0.5, 0.6) is 0 Å². The van der Waals surface area contributed by atoms with Crippen LogP contribution in [-0.2, 0) is 16.0 Å². The Morgan fingerprint density at radius 2 is 2.10 bits per heavy atom. The van der Waals surface area contributed by atoms with Crippen molar-refractivity contribution >= 4 is 34.2 Å². The fraction of sp³-hybridized carbons (Fsp3) is 0.500. The number of nitrogens with zero attached hydrogens (tertiary/aromatic N) is 2. The van der Waals surface area contributed by atoms with Gasteiger partial charge in [0.1, 0.15) is 5.82 Å². The first-order valence-corrected chi connectivity index (χ1v) is 7.31. The molecule has 1 aromatic heterocycles. The molecule has 0 N–H and O–H groups in total. The van der Waals surface area contributed by atoms with E-state index in [1.807, 2.05) is 25.1 Å². The maximum absolute atomic E-state index is 6.20. The Kier molecular flexibility index (Phi) is 5.66. The molecule has 0 aliphatic rings. The van der Waals surface area contributed by atoms with Crippen molar-refractivity contribution < 1.29 is 9.47 Å². The molecule has 6 heteroatoms. The molecule has 1 aromatic carbocycles. The van der Waals surface area contributed by atoms with Crippen LogP contribution in [0.25, 0.3) is 11.0 Å². The van der Waals surface area contributed by atoms with Gasteiger partial charge in [-0.1, -0.05) is 11.6 Å². The molecular weight excluding hydrogens is 299 g/mol. The highest BCUT2D eigenvalue weighted by Crippen LogP contribution is 2.26. The van der Waals surface area contributed by atoms with Crippen molar-refractivity contribution in [3.63, 3.8) is 0 Å². The van der Waals surface area contributed by atoms with Crippen LogP contribution in [0.2, 0.25) is 5.02 Å². The van der Waals surface area contributed by atoms with Crippen LogP contribution in [0, 0.1) is 0 Å². The minimum absolute atomic E-state index is 0.167. The second-order valence-corrected chi connectivity index (χ2v) is 5.57. The zero-order chi connectivity index (χ0) is 14.5. The summed E-state index contributed by atoms with van der Waals surface area (Å²) in [5, 5.41) is 0.507. The third-order valence-electron chi connectivity index (χ3n) is 2.99. The smallest absolute Gasteiger partial charge is 0.127 e. The second-order valence-electron chi connectivity index (χ2n) is 4.48. The summed E-state index contributed by atoms with van der Waals surface area (Å²) in [6, 6.07) is 5.67. The number of ether oxygens (including phenoxy) is 2. The lowest BCUT2D eigenvalue weighted by Gasteiger charge is -2.11. The van der Waals surface area contributed by atoms with Crippen molar-refractivity contribution in [3.8, 4) is 0 Å². The Morgan fingerprint density at radius 3 is 2.80 bits per heavy atom. The average Bonchev–Trinajstić information content (AvgIpc) is 2.76. The molecule has 2 rings (SSSR count). The maximum atomic E-state index is 6.20. The first-order valence-electron chi connectivity index (χ1n) is 6.50. The molecular formula is C14H18Cl2N2O2. The number of hydrogen-bond acceptors (Lipinski definition) is 3. The lowest BCUT2D eigenvalue weighted by molar-refractivity contribution is 0.0667. The van der Waals surface area contributed by atoms with E-state index in [4.69, 9.17) is 32.7 Å². The molecule has 0 spiro atoms. The summed E-state index contributed by atoms with van der Waals surface area (Å²) in [6.07, 6.45) is 0. The van der Waals surface area contributed by atoms with Crippen molar-refractivity contribution in [1.82, 2.24) is 9.55 Å². The summed E-state index contributed by atoms with van der Waals surface area (Å²) in [4.78, 5) is 4.55. The van der Waals surface area contributed by atoms with Gasteiger partial charge in [0.2, 0.25) is 0 Å². The van der Waals surface area contributed by atoms with Gasteiger partial charge >= 0.3 is 0 Å². The van der Waals surface area contributed by atoms with Crippen LogP contribution in [0.1, 0.15) is 18.1 Å². The third-order valence-corrected chi connectivity index (χ3v) is 3.42. The van der Waals surface area contributed by atoms with E-state index in [1.165, 1.54) is 0 Å². The standard InChI is InChI=1S/C14H18Cl2N2O2/c1-10(15)14-17-12-9-11(16)3-4-13(12)18(14)5-6-20-8-7-19-2/h3-4,9-10H,5-8H2,1-2H3. The molecule has 0 bridgehead atoms. The van der Waals surface area contributed by atoms with Crippen LogP contribution in [0.3, 0.4) is 0 Å². The molecule has 0 saturated heterocycles. The molecule has 4 nitrogen and oxygen atoms in total. The number of aromatic nitrogens is 2. The molecule has 0 amide bonds. The molecule has 1 heterocycles. The van der Waals surface area contributed by atoms with Gasteiger partial charge in [-0.2, -0.15) is 0 Å². The number of methoxy groups -OCH3 is 1. The summed E-state index contributed by atoms with van der Waals surface area (Å²) in [7, 11) is 1.66. The molecule has 2 aromatic rings. The van der Waals surface area contributed by atoms with Gasteiger partial charge in [0.25, 0.3) is 0 Å². The summed E-state index contributed by atoms with van der Waals surface area (Å²) < 4.78 is 12.5. The van der Waals surface area contributed by atoms with Crippen LogP contribution < -0.4 is 0 Å². The quantitative estimate of drug-likeness (QED) is 0.578. The van der Waals surface area contributed by atoms with Crippen molar-refractivity contribution in [3.05, 3.63) is 29.0 Å². The highest BCUT2D eigenvalue weighted by atomic mass is 35.5. The van der Waals surface area contributed by atoms with E-state index in [1.54, 1.807) is 7.11 Å². The highest BCUT2D eigenvalue weighted by Gasteiger charge is 2.14. The Balaban J connectivity index is 2.18. The summed E-state index contributed by atoms with van der Waals surface area (Å²) in [5.41, 5.74) is 1.88. The largest absolute Gasteiger partial charge is 0.382 e. The van der Waals surface area contributed by atoms with Gasteiger partial charge in [0.05, 0.1) is 36.2 Å². The highest BCUT2D eigenvalue weighted by molar-refractivity contribution is 6.31. The van der Waals surface area contributed by atoms with E-state index in [0.717, 1.165) is 16.9 Å². The second kappa shape index (κ2) is 7.27. The Bertz CT molecular complexity index is 570. The van der Waals surface area contributed by atoms with Crippen LogP contribution in [0.15, 0.2) is 18.2 Å². The lowest BCUT2D eigenvalue weighted by atomic mass is 10.3. The van der Waals surface area contributed by atoms with Gasteiger partial charge in [0, 0.05) is 18.7 Å². The molecule has 1 atom stereocenters. The van der Waals surface area contributed by atoms with Gasteiger partial charge in [0.15, 0.2) is 0 Å². The van der Waals surface area contributed by atoms with Crippen molar-refractivity contribution in [1.29, 1.82) is 0 Å². The summed E-state index contributed by atoms with van der Waals surface area (Å²) >= 11 is 12.2. The van der Waals surface area contributed by atoms with Gasteiger partial charge in [-0.15, -0.1) is 11.6 Å². The molecule has 20 heavy (non-hydrogen) atoms. The minimum Gasteiger partial charge on any atom is -0.382 e. The first-order chi connectivity index (χ1) is 9.63. The monoisotopic (exact) mass is 316 g/mol. The number of imidazole rings is 1. The molecule has 0 radical (unpaired) electrons. The average molecular weight is 317 g/mol. The molecule has 0 aliphatic heterocycles. The fourth-order valence-electron chi connectivity index (χ4n) is 2.06. The SMILES string of the molecule is COCCOCCn1c(C(C)Cl)nc2cc(Cl)ccc21. The van der Waals surface area contributed by atoms with E-state index >= 15 is 0 Å². The van der Waals surface area contributed by atoms with Crippen molar-refractivity contribution in [2.24, 2.45) is 0 Å². The summed E-state index contributed by atoms with van der Waals surface area (Å²) in [6.45, 7) is 4.38. The van der Waals surface area contributed by atoms with Gasteiger partial charge in [-0.05, 0) is 25.1 Å². The lowest BCUT2D eigenvalue weighted by Crippen LogP contribution is -2.12. The van der Waals surface area contributed by atoms with Gasteiger partial charge in [-0.25, -0.2) is 4.98 Å². The number of fused-ring (bicyclic) bond motifs is 1. The molecule has 1 unspecified atom stereocenters. The minimum atomic E-state index is -0.167. The fourth-order valence-corrected chi connectivity index (χ4v) is 2.39. The first kappa shape index (κ1) is 15.6. The molecule has 0 fully saturated rings. The van der Waals surface area contributed by atoms with Crippen molar-refractivity contribution in [2.45, 2.75) is 18.8 Å². The van der Waals surface area contributed by atoms with Gasteiger partial charge in [-0.3, -0.25) is 0 Å². The van der Waals surface area contributed by atoms with Gasteiger partial charge < -0.3 is 14.0 Å². The zero-order valence-corrected chi connectivity index (χ0v) is 13.1. The summed E-state index contributed by atoms with van der Waals surface area (Å²) in [5.74, 6) is 0.833. The number of alkyl halides is 1. The van der Waals surface area contributed by atoms with Crippen molar-refractivity contribution in [2.75, 3.05) is 26.9 Å². The van der Waals surface area contributed by atoms with E-state index in [0.29, 0.717) is 31.4 Å². The zero-order valence-electron chi connectivity index (χ0n) is 11.6. The molecule has 0 saturated carbocycles. The Hall–Kier alpha value is -0.810.